The molecule has 2 aliphatic rings. The van der Waals surface area contributed by atoms with Crippen molar-refractivity contribution in [3.05, 3.63) is 71.8 Å². The first-order valence-electron chi connectivity index (χ1n) is 8.58. The Morgan fingerprint density at radius 1 is 0.720 bits per heavy atom. The number of ether oxygens (including phenoxy) is 2. The van der Waals surface area contributed by atoms with E-state index in [-0.39, 0.29) is 12.1 Å². The first kappa shape index (κ1) is 16.3. The molecule has 2 aromatic carbocycles. The van der Waals surface area contributed by atoms with Crippen LogP contribution in [0.4, 0.5) is 0 Å². The largest absolute Gasteiger partial charge is 0.478 e. The molecule has 0 bridgehead atoms. The second kappa shape index (κ2) is 7.79. The highest BCUT2D eigenvalue weighted by Crippen LogP contribution is 2.27. The van der Waals surface area contributed by atoms with Crippen LogP contribution >= 0.6 is 8.58 Å². The maximum absolute atomic E-state index is 5.75. The number of hydrogen-bond donors (Lipinski definition) is 0. The molecule has 3 atom stereocenters. The third-order valence-corrected chi connectivity index (χ3v) is 5.44. The van der Waals surface area contributed by atoms with Gasteiger partial charge in [-0.15, -0.1) is 8.58 Å². The summed E-state index contributed by atoms with van der Waals surface area (Å²) in [6, 6.07) is 20.9. The predicted molar refractivity (Wildman–Crippen MR) is 103 cm³/mol. The lowest BCUT2D eigenvalue weighted by molar-refractivity contribution is 0.317. The lowest BCUT2D eigenvalue weighted by atomic mass is 10.1. The average Bonchev–Trinajstić information content (AvgIpc) is 3.33. The van der Waals surface area contributed by atoms with E-state index in [1.807, 2.05) is 36.4 Å². The molecule has 0 radical (unpaired) electrons. The van der Waals surface area contributed by atoms with Gasteiger partial charge in [-0.25, -0.2) is 9.98 Å². The molecule has 4 nitrogen and oxygen atoms in total. The fraction of sp³-hybridized carbons (Fsp3) is 0.300. The molecule has 128 valence electrons. The smallest absolute Gasteiger partial charge is 0.188 e. The van der Waals surface area contributed by atoms with Crippen LogP contribution in [-0.4, -0.2) is 37.3 Å². The van der Waals surface area contributed by atoms with Crippen molar-refractivity contribution in [1.82, 2.24) is 0 Å². The van der Waals surface area contributed by atoms with Crippen LogP contribution < -0.4 is 0 Å². The Hall–Kier alpha value is -2.19. The normalized spacial score (nSPS) is 22.6. The second-order valence-corrected chi connectivity index (χ2v) is 7.33. The fourth-order valence-corrected chi connectivity index (χ4v) is 3.95. The molecule has 2 aliphatic heterocycles. The van der Waals surface area contributed by atoms with Crippen molar-refractivity contribution in [1.29, 1.82) is 0 Å². The molecule has 0 aliphatic carbocycles. The van der Waals surface area contributed by atoms with Crippen LogP contribution in [0.1, 0.15) is 23.2 Å². The molecule has 0 spiro atoms. The zero-order valence-electron chi connectivity index (χ0n) is 14.0. The number of benzene rings is 2. The van der Waals surface area contributed by atoms with Gasteiger partial charge >= 0.3 is 0 Å². The van der Waals surface area contributed by atoms with Gasteiger partial charge < -0.3 is 9.47 Å². The number of hydrogen-bond acceptors (Lipinski definition) is 4. The molecule has 0 N–H and O–H groups in total. The Morgan fingerprint density at radius 3 is 1.60 bits per heavy atom. The zero-order chi connectivity index (χ0) is 16.9. The second-order valence-electron chi connectivity index (χ2n) is 6.12. The molecule has 25 heavy (non-hydrogen) atoms. The lowest BCUT2D eigenvalue weighted by Crippen LogP contribution is -2.06. The van der Waals surface area contributed by atoms with Crippen LogP contribution in [0.15, 0.2) is 70.6 Å². The lowest BCUT2D eigenvalue weighted by Gasteiger charge is -2.03. The number of rotatable bonds is 6. The summed E-state index contributed by atoms with van der Waals surface area (Å²) < 4.78 is 11.5. The quantitative estimate of drug-likeness (QED) is 0.738. The van der Waals surface area contributed by atoms with E-state index >= 15 is 0 Å². The van der Waals surface area contributed by atoms with Crippen LogP contribution in [-0.2, 0) is 9.47 Å². The molecule has 4 rings (SSSR count). The van der Waals surface area contributed by atoms with E-state index in [4.69, 9.17) is 19.5 Å². The van der Waals surface area contributed by atoms with Gasteiger partial charge in [-0.3, -0.25) is 0 Å². The molecular formula is C20H21N2O2P. The Bertz CT molecular complexity index is 696. The molecule has 2 heterocycles. The molecule has 0 aromatic heterocycles. The highest BCUT2D eigenvalue weighted by molar-refractivity contribution is 7.40. The molecular weight excluding hydrogens is 331 g/mol. The molecule has 0 amide bonds. The van der Waals surface area contributed by atoms with Crippen LogP contribution in [0.2, 0.25) is 0 Å². The molecule has 0 saturated carbocycles. The van der Waals surface area contributed by atoms with Gasteiger partial charge in [0.1, 0.15) is 25.3 Å². The summed E-state index contributed by atoms with van der Waals surface area (Å²) in [5, 5.41) is 0. The predicted octanol–water partition coefficient (Wildman–Crippen LogP) is 4.00. The SMILES string of the molecule is c1ccc([C@@H]2COC(CPCC3=N[C@@H](c4ccccc4)CO3)=N2)cc1. The first-order chi connectivity index (χ1) is 12.4. The highest BCUT2D eigenvalue weighted by atomic mass is 31.1. The van der Waals surface area contributed by atoms with Gasteiger partial charge in [0.05, 0.1) is 0 Å². The fourth-order valence-electron chi connectivity index (χ4n) is 3.01. The summed E-state index contributed by atoms with van der Waals surface area (Å²) in [6.45, 7) is 1.30. The minimum absolute atomic E-state index is 0.142. The summed E-state index contributed by atoms with van der Waals surface area (Å²) in [6.07, 6.45) is 1.73. The van der Waals surface area contributed by atoms with E-state index in [2.05, 4.69) is 24.3 Å². The van der Waals surface area contributed by atoms with Crippen LogP contribution in [0.5, 0.6) is 0 Å². The maximum atomic E-state index is 5.75. The van der Waals surface area contributed by atoms with Crippen molar-refractivity contribution >= 4 is 20.4 Å². The Kier molecular flexibility index (Phi) is 5.08. The van der Waals surface area contributed by atoms with Crippen molar-refractivity contribution in [3.63, 3.8) is 0 Å². The van der Waals surface area contributed by atoms with Gasteiger partial charge in [0, 0.05) is 12.3 Å². The molecule has 0 saturated heterocycles. The van der Waals surface area contributed by atoms with Crippen molar-refractivity contribution in [3.8, 4) is 0 Å². The van der Waals surface area contributed by atoms with E-state index in [0.717, 1.165) is 24.1 Å². The number of aliphatic imine (C=N–C) groups is 2. The van der Waals surface area contributed by atoms with Crippen molar-refractivity contribution in [2.24, 2.45) is 9.98 Å². The molecule has 2 aromatic rings. The van der Waals surface area contributed by atoms with E-state index in [9.17, 15) is 0 Å². The van der Waals surface area contributed by atoms with E-state index < -0.39 is 0 Å². The van der Waals surface area contributed by atoms with E-state index in [1.54, 1.807) is 0 Å². The van der Waals surface area contributed by atoms with E-state index in [1.165, 1.54) is 11.1 Å². The Labute approximate surface area is 149 Å². The maximum Gasteiger partial charge on any atom is 0.188 e. The van der Waals surface area contributed by atoms with Gasteiger partial charge in [0.2, 0.25) is 0 Å². The van der Waals surface area contributed by atoms with Crippen molar-refractivity contribution in [2.75, 3.05) is 25.5 Å². The number of nitrogens with zero attached hydrogens (tertiary/aromatic N) is 2. The molecule has 1 unspecified atom stereocenters. The minimum atomic E-state index is 0.142. The first-order valence-corrected chi connectivity index (χ1v) is 9.99. The summed E-state index contributed by atoms with van der Waals surface area (Å²) in [5.41, 5.74) is 2.44. The summed E-state index contributed by atoms with van der Waals surface area (Å²) in [7, 11) is 0.683. The van der Waals surface area contributed by atoms with Gasteiger partial charge in [-0.1, -0.05) is 60.7 Å². The third-order valence-electron chi connectivity index (χ3n) is 4.34. The minimum Gasteiger partial charge on any atom is -0.478 e. The monoisotopic (exact) mass is 352 g/mol. The van der Waals surface area contributed by atoms with Crippen LogP contribution in [0, 0.1) is 0 Å². The van der Waals surface area contributed by atoms with Gasteiger partial charge in [-0.2, -0.15) is 0 Å². The Balaban J connectivity index is 1.27. The van der Waals surface area contributed by atoms with Crippen molar-refractivity contribution < 1.29 is 9.47 Å². The summed E-state index contributed by atoms with van der Waals surface area (Å²) in [4.78, 5) is 9.41. The summed E-state index contributed by atoms with van der Waals surface area (Å²) >= 11 is 0. The van der Waals surface area contributed by atoms with Crippen LogP contribution in [0.25, 0.3) is 0 Å². The highest BCUT2D eigenvalue weighted by Gasteiger charge is 2.22. The molecule has 5 heteroatoms. The van der Waals surface area contributed by atoms with Crippen molar-refractivity contribution in [2.45, 2.75) is 12.1 Å². The third kappa shape index (κ3) is 4.08. The summed E-state index contributed by atoms with van der Waals surface area (Å²) in [5.74, 6) is 1.73. The van der Waals surface area contributed by atoms with Gasteiger partial charge in [-0.05, 0) is 11.1 Å². The van der Waals surface area contributed by atoms with Gasteiger partial charge in [0.25, 0.3) is 0 Å². The average molecular weight is 352 g/mol. The molecule has 0 fully saturated rings. The standard InChI is InChI=1S/C20H21N2O2P/c1-3-7-15(8-4-1)17-11-23-19(21-17)13-25-14-20-22-18(12-24-20)16-9-5-2-6-10-16/h1-10,17-18,25H,11-14H2/t17-,18+. The van der Waals surface area contributed by atoms with Crippen LogP contribution in [0.3, 0.4) is 0 Å². The van der Waals surface area contributed by atoms with Gasteiger partial charge in [0.15, 0.2) is 11.8 Å². The van der Waals surface area contributed by atoms with E-state index in [0.29, 0.717) is 21.8 Å². The topological polar surface area (TPSA) is 43.2 Å². The zero-order valence-corrected chi connectivity index (χ0v) is 15.0. The Morgan fingerprint density at radius 2 is 1.16 bits per heavy atom.